The maximum Gasteiger partial charge on any atom is 0.307 e. The number of halogens is 1. The van der Waals surface area contributed by atoms with Crippen molar-refractivity contribution in [3.05, 3.63) is 65.3 Å². The molecule has 8 heteroatoms. The molecular formula is C25H29ClN2O3SSi. The fourth-order valence-electron chi connectivity index (χ4n) is 3.63. The van der Waals surface area contributed by atoms with Crippen molar-refractivity contribution in [1.82, 2.24) is 9.78 Å². The molecule has 5 nitrogen and oxygen atoms in total. The third-order valence-corrected chi connectivity index (χ3v) is 8.69. The van der Waals surface area contributed by atoms with Gasteiger partial charge >= 0.3 is 5.97 Å². The summed E-state index contributed by atoms with van der Waals surface area (Å²) in [7, 11) is -1.14. The van der Waals surface area contributed by atoms with Crippen molar-refractivity contribution in [2.24, 2.45) is 5.92 Å². The Kier molecular flexibility index (Phi) is 7.33. The third kappa shape index (κ3) is 6.50. The summed E-state index contributed by atoms with van der Waals surface area (Å²) in [6, 6.07) is 17.0. The Labute approximate surface area is 205 Å². The molecule has 2 aromatic carbocycles. The summed E-state index contributed by atoms with van der Waals surface area (Å²) in [6.07, 6.45) is 2.74. The smallest absolute Gasteiger partial charge is 0.307 e. The van der Waals surface area contributed by atoms with Crippen LogP contribution in [0.3, 0.4) is 0 Å². The quantitative estimate of drug-likeness (QED) is 0.243. The van der Waals surface area contributed by atoms with Gasteiger partial charge in [0.25, 0.3) is 0 Å². The molecule has 1 saturated carbocycles. The van der Waals surface area contributed by atoms with Crippen LogP contribution in [0.5, 0.6) is 0 Å². The summed E-state index contributed by atoms with van der Waals surface area (Å²) < 4.78 is 7.77. The minimum absolute atomic E-state index is 0.122. The highest BCUT2D eigenvalue weighted by molar-refractivity contribution is 7.99. The number of benzene rings is 2. The Morgan fingerprint density at radius 1 is 1.18 bits per heavy atom. The summed E-state index contributed by atoms with van der Waals surface area (Å²) in [4.78, 5) is 13.3. The first-order valence-electron chi connectivity index (χ1n) is 11.1. The van der Waals surface area contributed by atoms with Crippen LogP contribution in [0.4, 0.5) is 0 Å². The van der Waals surface area contributed by atoms with Crippen LogP contribution >= 0.6 is 23.4 Å². The standard InChI is InChI=1S/C25H29ClN2O3SSi/c1-33(2,3)13-12-31-16-28-15-23(32-20-10-8-19(26)9-11-20)24(27-28)18-6-4-17(5-7-18)21-14-22(21)25(29)30/h4-11,15,21-22H,12-14,16H2,1-3H3,(H,29,30). The van der Waals surface area contributed by atoms with Crippen molar-refractivity contribution in [2.45, 2.75) is 54.5 Å². The molecule has 0 aliphatic heterocycles. The van der Waals surface area contributed by atoms with Gasteiger partial charge in [0.1, 0.15) is 12.4 Å². The predicted octanol–water partition coefficient (Wildman–Crippen LogP) is 6.86. The van der Waals surface area contributed by atoms with Crippen LogP contribution in [0, 0.1) is 5.92 Å². The molecule has 33 heavy (non-hydrogen) atoms. The maximum absolute atomic E-state index is 11.2. The third-order valence-electron chi connectivity index (χ3n) is 5.71. The fraction of sp³-hybridized carbons (Fsp3) is 0.360. The molecule has 0 radical (unpaired) electrons. The molecule has 1 heterocycles. The van der Waals surface area contributed by atoms with Gasteiger partial charge in [-0.2, -0.15) is 5.10 Å². The number of carbonyl (C=O) groups is 1. The van der Waals surface area contributed by atoms with Crippen LogP contribution in [0.1, 0.15) is 17.9 Å². The van der Waals surface area contributed by atoms with Crippen molar-refractivity contribution < 1.29 is 14.6 Å². The molecule has 4 rings (SSSR count). The Morgan fingerprint density at radius 2 is 1.88 bits per heavy atom. The van der Waals surface area contributed by atoms with Crippen molar-refractivity contribution in [1.29, 1.82) is 0 Å². The molecule has 1 aliphatic carbocycles. The van der Waals surface area contributed by atoms with Gasteiger partial charge in [0.2, 0.25) is 0 Å². The normalized spacial score (nSPS) is 17.8. The van der Waals surface area contributed by atoms with Crippen LogP contribution in [0.25, 0.3) is 11.3 Å². The number of aliphatic carboxylic acids is 1. The lowest BCUT2D eigenvalue weighted by atomic mass is 10.1. The van der Waals surface area contributed by atoms with Crippen molar-refractivity contribution in [3.8, 4) is 11.3 Å². The van der Waals surface area contributed by atoms with E-state index in [0.717, 1.165) is 45.7 Å². The lowest BCUT2D eigenvalue weighted by Gasteiger charge is -2.15. The molecular weight excluding hydrogens is 472 g/mol. The number of hydrogen-bond donors (Lipinski definition) is 1. The van der Waals surface area contributed by atoms with Gasteiger partial charge in [-0.05, 0) is 48.2 Å². The van der Waals surface area contributed by atoms with Crippen LogP contribution in [-0.2, 0) is 16.3 Å². The van der Waals surface area contributed by atoms with E-state index < -0.39 is 14.0 Å². The molecule has 1 N–H and O–H groups in total. The summed E-state index contributed by atoms with van der Waals surface area (Å²) >= 11 is 7.69. The number of nitrogens with zero attached hydrogens (tertiary/aromatic N) is 2. The van der Waals surface area contributed by atoms with Crippen LogP contribution < -0.4 is 0 Å². The zero-order valence-electron chi connectivity index (χ0n) is 19.1. The summed E-state index contributed by atoms with van der Waals surface area (Å²) in [5, 5.41) is 14.7. The molecule has 3 aromatic rings. The lowest BCUT2D eigenvalue weighted by molar-refractivity contribution is -0.138. The van der Waals surface area contributed by atoms with Crippen molar-refractivity contribution in [2.75, 3.05) is 6.61 Å². The number of aromatic nitrogens is 2. The zero-order valence-corrected chi connectivity index (χ0v) is 21.7. The zero-order chi connectivity index (χ0) is 23.6. The van der Waals surface area contributed by atoms with Gasteiger partial charge < -0.3 is 9.84 Å². The molecule has 2 unspecified atom stereocenters. The van der Waals surface area contributed by atoms with E-state index in [2.05, 4.69) is 19.6 Å². The minimum Gasteiger partial charge on any atom is -0.481 e. The van der Waals surface area contributed by atoms with Crippen molar-refractivity contribution >= 4 is 37.4 Å². The van der Waals surface area contributed by atoms with E-state index in [4.69, 9.17) is 21.4 Å². The Morgan fingerprint density at radius 3 is 2.48 bits per heavy atom. The first-order chi connectivity index (χ1) is 15.7. The fourth-order valence-corrected chi connectivity index (χ4v) is 5.47. The van der Waals surface area contributed by atoms with Gasteiger partial charge in [0.15, 0.2) is 0 Å². The molecule has 0 saturated heterocycles. The van der Waals surface area contributed by atoms with Gasteiger partial charge in [-0.25, -0.2) is 4.68 Å². The maximum atomic E-state index is 11.2. The molecule has 1 fully saturated rings. The average molecular weight is 501 g/mol. The van der Waals surface area contributed by atoms with E-state index in [0.29, 0.717) is 11.8 Å². The van der Waals surface area contributed by atoms with Gasteiger partial charge in [-0.3, -0.25) is 4.79 Å². The lowest BCUT2D eigenvalue weighted by Crippen LogP contribution is -2.22. The van der Waals surface area contributed by atoms with Gasteiger partial charge in [-0.15, -0.1) is 0 Å². The Balaban J connectivity index is 1.53. The monoisotopic (exact) mass is 500 g/mol. The topological polar surface area (TPSA) is 64.3 Å². The molecule has 0 spiro atoms. The largest absolute Gasteiger partial charge is 0.481 e. The van der Waals surface area contributed by atoms with E-state index in [1.165, 1.54) is 0 Å². The molecule has 174 valence electrons. The van der Waals surface area contributed by atoms with E-state index in [1.807, 2.05) is 59.4 Å². The number of rotatable bonds is 10. The summed E-state index contributed by atoms with van der Waals surface area (Å²) in [5.41, 5.74) is 2.97. The van der Waals surface area contributed by atoms with E-state index in [1.54, 1.807) is 11.8 Å². The van der Waals surface area contributed by atoms with E-state index >= 15 is 0 Å². The van der Waals surface area contributed by atoms with E-state index in [9.17, 15) is 9.90 Å². The number of ether oxygens (including phenoxy) is 1. The average Bonchev–Trinajstić information content (AvgIpc) is 3.48. The summed E-state index contributed by atoms with van der Waals surface area (Å²) in [5.74, 6) is -0.838. The van der Waals surface area contributed by atoms with Crippen LogP contribution in [0.15, 0.2) is 64.5 Å². The Hall–Kier alpha value is -2.06. The van der Waals surface area contributed by atoms with Gasteiger partial charge in [-0.1, -0.05) is 67.3 Å². The second-order valence-corrected chi connectivity index (χ2v) is 16.9. The SMILES string of the molecule is C[Si](C)(C)CCOCn1cc(Sc2ccc(Cl)cc2)c(-c2ccc(C3CC3C(=O)O)cc2)n1. The first-order valence-corrected chi connectivity index (χ1v) is 16.0. The molecule has 1 aromatic heterocycles. The second kappa shape index (κ2) is 10.1. The highest BCUT2D eigenvalue weighted by atomic mass is 35.5. The first kappa shape index (κ1) is 24.1. The molecule has 2 atom stereocenters. The molecule has 0 amide bonds. The minimum atomic E-state index is -1.14. The Bertz CT molecular complexity index is 1110. The van der Waals surface area contributed by atoms with Gasteiger partial charge in [0.05, 0.1) is 10.8 Å². The second-order valence-electron chi connectivity index (χ2n) is 9.69. The number of carboxylic acids is 1. The highest BCUT2D eigenvalue weighted by Gasteiger charge is 2.44. The number of hydrogen-bond acceptors (Lipinski definition) is 4. The van der Waals surface area contributed by atoms with Gasteiger partial charge in [0, 0.05) is 36.4 Å². The molecule has 1 aliphatic rings. The van der Waals surface area contributed by atoms with Crippen LogP contribution in [-0.4, -0.2) is 35.5 Å². The van der Waals surface area contributed by atoms with Crippen molar-refractivity contribution in [3.63, 3.8) is 0 Å². The van der Waals surface area contributed by atoms with E-state index in [-0.39, 0.29) is 11.8 Å². The number of carboxylic acid groups (broad SMARTS) is 1. The highest BCUT2D eigenvalue weighted by Crippen LogP contribution is 2.48. The predicted molar refractivity (Wildman–Crippen MR) is 136 cm³/mol. The molecule has 0 bridgehead atoms. The van der Waals surface area contributed by atoms with Crippen LogP contribution in [0.2, 0.25) is 30.7 Å². The summed E-state index contributed by atoms with van der Waals surface area (Å²) in [6.45, 7) is 8.18.